The monoisotopic (exact) mass is 362 g/mol. The third-order valence-electron chi connectivity index (χ3n) is 3.83. The third-order valence-corrected chi connectivity index (χ3v) is 5.71. The number of ether oxygens (including phenoxy) is 1. The Balaban J connectivity index is 2.34. The SMILES string of the molecule is CCOC(=O)C(Cc1ccccc1)N(C)S(=O)(=O)c1ccc(N)cc1. The van der Waals surface area contributed by atoms with E-state index in [9.17, 15) is 13.2 Å². The van der Waals surface area contributed by atoms with Gasteiger partial charge in [-0.3, -0.25) is 4.79 Å². The van der Waals surface area contributed by atoms with Crippen LogP contribution in [0.15, 0.2) is 59.5 Å². The number of likely N-dealkylation sites (N-methyl/N-ethyl adjacent to an activating group) is 1. The summed E-state index contributed by atoms with van der Waals surface area (Å²) >= 11 is 0. The van der Waals surface area contributed by atoms with Gasteiger partial charge in [0.25, 0.3) is 0 Å². The van der Waals surface area contributed by atoms with Gasteiger partial charge in [0.2, 0.25) is 10.0 Å². The van der Waals surface area contributed by atoms with E-state index in [4.69, 9.17) is 10.5 Å². The molecule has 2 aromatic rings. The van der Waals surface area contributed by atoms with Gasteiger partial charge in [-0.2, -0.15) is 4.31 Å². The Labute approximate surface area is 148 Å². The van der Waals surface area contributed by atoms with Gasteiger partial charge < -0.3 is 10.5 Å². The van der Waals surface area contributed by atoms with Gasteiger partial charge in [-0.15, -0.1) is 0 Å². The van der Waals surface area contributed by atoms with Crippen molar-refractivity contribution in [1.82, 2.24) is 4.31 Å². The van der Waals surface area contributed by atoms with Gasteiger partial charge in [-0.05, 0) is 43.2 Å². The summed E-state index contributed by atoms with van der Waals surface area (Å²) in [5, 5.41) is 0. The molecule has 0 radical (unpaired) electrons. The third kappa shape index (κ3) is 4.58. The molecule has 2 N–H and O–H groups in total. The van der Waals surface area contributed by atoms with E-state index in [0.717, 1.165) is 9.87 Å². The summed E-state index contributed by atoms with van der Waals surface area (Å²) in [7, 11) is -2.48. The average molecular weight is 362 g/mol. The summed E-state index contributed by atoms with van der Waals surface area (Å²) < 4.78 is 31.9. The highest BCUT2D eigenvalue weighted by Gasteiger charge is 2.34. The first-order valence-electron chi connectivity index (χ1n) is 7.90. The fourth-order valence-corrected chi connectivity index (χ4v) is 3.72. The Kier molecular flexibility index (Phi) is 6.17. The number of benzene rings is 2. The molecule has 2 aromatic carbocycles. The molecule has 134 valence electrons. The number of nitrogens with zero attached hydrogens (tertiary/aromatic N) is 1. The predicted octanol–water partition coefficient (Wildman–Crippen LogP) is 2.06. The molecule has 0 aliphatic carbocycles. The Morgan fingerprint density at radius 2 is 1.72 bits per heavy atom. The molecule has 1 atom stereocenters. The van der Waals surface area contributed by atoms with Crippen LogP contribution in [0.2, 0.25) is 0 Å². The van der Waals surface area contributed by atoms with Gasteiger partial charge in [-0.25, -0.2) is 8.42 Å². The molecular formula is C18H22N2O4S. The number of carbonyl (C=O) groups excluding carboxylic acids is 1. The number of hydrogen-bond donors (Lipinski definition) is 1. The van der Waals surface area contributed by atoms with Crippen molar-refractivity contribution in [2.75, 3.05) is 19.4 Å². The van der Waals surface area contributed by atoms with Crippen LogP contribution >= 0.6 is 0 Å². The lowest BCUT2D eigenvalue weighted by Gasteiger charge is -2.26. The maximum atomic E-state index is 12.9. The fraction of sp³-hybridized carbons (Fsp3) is 0.278. The first-order valence-corrected chi connectivity index (χ1v) is 9.34. The second-order valence-electron chi connectivity index (χ2n) is 5.55. The van der Waals surface area contributed by atoms with Crippen LogP contribution in [0, 0.1) is 0 Å². The summed E-state index contributed by atoms with van der Waals surface area (Å²) in [6.07, 6.45) is 0.227. The Morgan fingerprint density at radius 1 is 1.12 bits per heavy atom. The highest BCUT2D eigenvalue weighted by atomic mass is 32.2. The normalized spacial score (nSPS) is 12.8. The topological polar surface area (TPSA) is 89.7 Å². The largest absolute Gasteiger partial charge is 0.465 e. The molecule has 1 unspecified atom stereocenters. The van der Waals surface area contributed by atoms with Crippen LogP contribution in [-0.2, 0) is 26.0 Å². The second-order valence-corrected chi connectivity index (χ2v) is 7.55. The van der Waals surface area contributed by atoms with Gasteiger partial charge in [0.15, 0.2) is 0 Å². The number of hydrogen-bond acceptors (Lipinski definition) is 5. The molecule has 0 aliphatic rings. The Bertz CT molecular complexity index is 805. The van der Waals surface area contributed by atoms with E-state index in [1.165, 1.54) is 31.3 Å². The van der Waals surface area contributed by atoms with Gasteiger partial charge in [0, 0.05) is 12.7 Å². The van der Waals surface area contributed by atoms with Gasteiger partial charge in [-0.1, -0.05) is 30.3 Å². The molecule has 7 heteroatoms. The van der Waals surface area contributed by atoms with Crippen molar-refractivity contribution in [3.05, 3.63) is 60.2 Å². The smallest absolute Gasteiger partial charge is 0.324 e. The molecule has 0 bridgehead atoms. The van der Waals surface area contributed by atoms with Crippen LogP contribution in [-0.4, -0.2) is 38.4 Å². The highest BCUT2D eigenvalue weighted by molar-refractivity contribution is 7.89. The lowest BCUT2D eigenvalue weighted by atomic mass is 10.1. The summed E-state index contributed by atoms with van der Waals surface area (Å²) in [5.41, 5.74) is 6.93. The Hall–Kier alpha value is -2.38. The minimum Gasteiger partial charge on any atom is -0.465 e. The molecular weight excluding hydrogens is 340 g/mol. The Morgan fingerprint density at radius 3 is 2.28 bits per heavy atom. The first-order chi connectivity index (χ1) is 11.9. The summed E-state index contributed by atoms with van der Waals surface area (Å²) in [6.45, 7) is 1.87. The van der Waals surface area contributed by atoms with E-state index >= 15 is 0 Å². The minimum absolute atomic E-state index is 0.0755. The van der Waals surface area contributed by atoms with Gasteiger partial charge >= 0.3 is 5.97 Å². The number of nitrogens with two attached hydrogens (primary N) is 1. The molecule has 0 aliphatic heterocycles. The number of sulfonamides is 1. The van der Waals surface area contributed by atoms with E-state index in [1.807, 2.05) is 30.3 Å². The zero-order chi connectivity index (χ0) is 18.4. The van der Waals surface area contributed by atoms with E-state index in [-0.39, 0.29) is 17.9 Å². The van der Waals surface area contributed by atoms with E-state index in [2.05, 4.69) is 0 Å². The lowest BCUT2D eigenvalue weighted by Crippen LogP contribution is -2.44. The molecule has 6 nitrogen and oxygen atoms in total. The van der Waals surface area contributed by atoms with Crippen molar-refractivity contribution in [2.24, 2.45) is 0 Å². The number of esters is 1. The van der Waals surface area contributed by atoms with Crippen LogP contribution in [0.5, 0.6) is 0 Å². The van der Waals surface area contributed by atoms with Crippen LogP contribution in [0.25, 0.3) is 0 Å². The molecule has 0 spiro atoms. The zero-order valence-corrected chi connectivity index (χ0v) is 15.1. The number of rotatable bonds is 7. The van der Waals surface area contributed by atoms with Crippen molar-refractivity contribution in [2.45, 2.75) is 24.3 Å². The van der Waals surface area contributed by atoms with Crippen LogP contribution in [0.4, 0.5) is 5.69 Å². The standard InChI is InChI=1S/C18H22N2O4S/c1-3-24-18(21)17(13-14-7-5-4-6-8-14)20(2)25(22,23)16-11-9-15(19)10-12-16/h4-12,17H,3,13,19H2,1-2H3. The molecule has 0 aromatic heterocycles. The first kappa shape index (κ1) is 19.0. The summed E-state index contributed by atoms with van der Waals surface area (Å²) in [4.78, 5) is 12.4. The molecule has 0 saturated carbocycles. The summed E-state index contributed by atoms with van der Waals surface area (Å²) in [5.74, 6) is -0.576. The summed E-state index contributed by atoms with van der Waals surface area (Å²) in [6, 6.07) is 14.1. The van der Waals surface area contributed by atoms with E-state index < -0.39 is 22.0 Å². The molecule has 0 heterocycles. The van der Waals surface area contributed by atoms with Crippen molar-refractivity contribution < 1.29 is 17.9 Å². The fourth-order valence-electron chi connectivity index (χ4n) is 2.41. The molecule has 25 heavy (non-hydrogen) atoms. The zero-order valence-electron chi connectivity index (χ0n) is 14.3. The highest BCUT2D eigenvalue weighted by Crippen LogP contribution is 2.20. The predicted molar refractivity (Wildman–Crippen MR) is 96.4 cm³/mol. The van der Waals surface area contributed by atoms with Crippen LogP contribution < -0.4 is 5.73 Å². The maximum Gasteiger partial charge on any atom is 0.324 e. The van der Waals surface area contributed by atoms with Crippen molar-refractivity contribution in [3.63, 3.8) is 0 Å². The van der Waals surface area contributed by atoms with Gasteiger partial charge in [0.05, 0.1) is 11.5 Å². The second kappa shape index (κ2) is 8.13. The van der Waals surface area contributed by atoms with E-state index in [1.54, 1.807) is 6.92 Å². The van der Waals surface area contributed by atoms with Crippen molar-refractivity contribution >= 4 is 21.7 Å². The van der Waals surface area contributed by atoms with Crippen LogP contribution in [0.3, 0.4) is 0 Å². The number of carbonyl (C=O) groups is 1. The maximum absolute atomic E-state index is 12.9. The average Bonchev–Trinajstić information content (AvgIpc) is 2.60. The van der Waals surface area contributed by atoms with Crippen molar-refractivity contribution in [1.29, 1.82) is 0 Å². The van der Waals surface area contributed by atoms with Gasteiger partial charge in [0.1, 0.15) is 6.04 Å². The lowest BCUT2D eigenvalue weighted by molar-refractivity contribution is -0.147. The number of anilines is 1. The van der Waals surface area contributed by atoms with Crippen molar-refractivity contribution in [3.8, 4) is 0 Å². The minimum atomic E-state index is -3.86. The molecule has 0 fully saturated rings. The van der Waals surface area contributed by atoms with E-state index in [0.29, 0.717) is 5.69 Å². The molecule has 0 amide bonds. The van der Waals surface area contributed by atoms with Crippen LogP contribution in [0.1, 0.15) is 12.5 Å². The quantitative estimate of drug-likeness (QED) is 0.601. The number of nitrogen functional groups attached to an aromatic ring is 1. The molecule has 0 saturated heterocycles. The molecule has 2 rings (SSSR count).